The van der Waals surface area contributed by atoms with Crippen LogP contribution in [-0.2, 0) is 3.07 Å². The molecule has 0 rings (SSSR count). The molecular formula is C7H17NOSn. The molecule has 3 heteroatoms. The monoisotopic (exact) mass is 251 g/mol. The Labute approximate surface area is 77.6 Å². The van der Waals surface area contributed by atoms with Crippen LogP contribution >= 0.6 is 0 Å². The summed E-state index contributed by atoms with van der Waals surface area (Å²) >= 11 is 0.890. The van der Waals surface area contributed by atoms with Gasteiger partial charge in [0, 0.05) is 0 Å². The summed E-state index contributed by atoms with van der Waals surface area (Å²) in [6, 6.07) is 0. The van der Waals surface area contributed by atoms with Gasteiger partial charge in [-0.1, -0.05) is 0 Å². The van der Waals surface area contributed by atoms with Gasteiger partial charge in [-0.25, -0.2) is 0 Å². The summed E-state index contributed by atoms with van der Waals surface area (Å²) < 4.78 is 5.42. The van der Waals surface area contributed by atoms with E-state index in [-0.39, 0.29) is 0 Å². The fourth-order valence-electron chi connectivity index (χ4n) is 0.966. The van der Waals surface area contributed by atoms with Crippen LogP contribution in [0.1, 0.15) is 20.3 Å². The van der Waals surface area contributed by atoms with Gasteiger partial charge in [0.15, 0.2) is 0 Å². The maximum absolute atomic E-state index is 5.42. The Morgan fingerprint density at radius 2 is 2.00 bits per heavy atom. The van der Waals surface area contributed by atoms with E-state index in [2.05, 4.69) is 32.8 Å². The zero-order valence-electron chi connectivity index (χ0n) is 7.29. The zero-order chi connectivity index (χ0) is 8.15. The molecule has 60 valence electrons. The van der Waals surface area contributed by atoms with Crippen molar-refractivity contribution in [3.8, 4) is 0 Å². The normalized spacial score (nSPS) is 17.4. The van der Waals surface area contributed by atoms with Gasteiger partial charge in [-0.3, -0.25) is 0 Å². The van der Waals surface area contributed by atoms with Crippen molar-refractivity contribution in [2.45, 2.75) is 26.5 Å². The van der Waals surface area contributed by atoms with Crippen LogP contribution in [-0.4, -0.2) is 48.2 Å². The topological polar surface area (TPSA) is 12.5 Å². The molecule has 0 aromatic rings. The van der Waals surface area contributed by atoms with Gasteiger partial charge in [0.05, 0.1) is 0 Å². The number of nitrogens with zero attached hydrogens (tertiary/aromatic N) is 1. The van der Waals surface area contributed by atoms with Gasteiger partial charge in [0.2, 0.25) is 0 Å². The Morgan fingerprint density at radius 1 is 1.50 bits per heavy atom. The van der Waals surface area contributed by atoms with Crippen LogP contribution in [0.25, 0.3) is 0 Å². The van der Waals surface area contributed by atoms with E-state index in [0.29, 0.717) is 12.1 Å². The zero-order valence-corrected chi connectivity index (χ0v) is 10.6. The Hall–Kier alpha value is 0.719. The molecule has 0 spiro atoms. The van der Waals surface area contributed by atoms with Crippen molar-refractivity contribution in [1.29, 1.82) is 0 Å². The summed E-state index contributed by atoms with van der Waals surface area (Å²) in [5.74, 6) is 0.644. The van der Waals surface area contributed by atoms with Gasteiger partial charge in [0.25, 0.3) is 0 Å². The molecular weight excluding hydrogens is 233 g/mol. The quantitative estimate of drug-likeness (QED) is 0.539. The molecule has 0 heterocycles. The summed E-state index contributed by atoms with van der Waals surface area (Å²) in [5, 5.41) is 0. The fourth-order valence-corrected chi connectivity index (χ4v) is 2.43. The summed E-state index contributed by atoms with van der Waals surface area (Å²) in [7, 11) is 4.13. The van der Waals surface area contributed by atoms with Crippen molar-refractivity contribution >= 4 is 22.9 Å². The Morgan fingerprint density at radius 3 is 2.10 bits per heavy atom. The molecule has 2 nitrogen and oxygen atoms in total. The SMILES string of the molecule is CCC(C)C([O][SnH])N(C)C. The predicted molar refractivity (Wildman–Crippen MR) is 45.2 cm³/mol. The molecule has 2 radical (unpaired) electrons. The summed E-state index contributed by atoms with van der Waals surface area (Å²) in [4.78, 5) is 2.14. The Balaban J connectivity index is 3.80. The maximum atomic E-state index is 5.42. The first kappa shape index (κ1) is 10.7. The molecule has 0 saturated carbocycles. The molecule has 0 bridgehead atoms. The van der Waals surface area contributed by atoms with Gasteiger partial charge in [-0.05, 0) is 0 Å². The van der Waals surface area contributed by atoms with Crippen LogP contribution in [0.4, 0.5) is 0 Å². The van der Waals surface area contributed by atoms with E-state index in [0.717, 1.165) is 22.9 Å². The molecule has 0 aliphatic carbocycles. The van der Waals surface area contributed by atoms with Crippen LogP contribution < -0.4 is 0 Å². The Kier molecular flexibility index (Phi) is 5.77. The second-order valence-corrected chi connectivity index (χ2v) is 3.65. The van der Waals surface area contributed by atoms with E-state index < -0.39 is 0 Å². The first-order chi connectivity index (χ1) is 4.63. The van der Waals surface area contributed by atoms with Gasteiger partial charge in [-0.15, -0.1) is 0 Å². The average molecular weight is 250 g/mol. The molecule has 0 amide bonds. The van der Waals surface area contributed by atoms with Crippen LogP contribution in [0.15, 0.2) is 0 Å². The third-order valence-corrected chi connectivity index (χ3v) is 2.57. The second-order valence-electron chi connectivity index (χ2n) is 2.88. The van der Waals surface area contributed by atoms with Gasteiger partial charge in [-0.2, -0.15) is 0 Å². The molecule has 0 saturated heterocycles. The first-order valence-electron chi connectivity index (χ1n) is 3.65. The molecule has 0 N–H and O–H groups in total. The number of hydrogen-bond donors (Lipinski definition) is 0. The van der Waals surface area contributed by atoms with E-state index in [1.807, 2.05) is 0 Å². The standard InChI is InChI=1S/C7H16NO.Sn.H/c1-5-6(2)7(9)8(3)4;;/h6-7H,5H2,1-4H3;;/q-1;+1;. The van der Waals surface area contributed by atoms with E-state index in [1.54, 1.807) is 0 Å². The van der Waals surface area contributed by atoms with Crippen molar-refractivity contribution < 1.29 is 3.07 Å². The molecule has 0 aliphatic rings. The van der Waals surface area contributed by atoms with Gasteiger partial charge >= 0.3 is 77.4 Å². The van der Waals surface area contributed by atoms with Gasteiger partial charge in [0.1, 0.15) is 0 Å². The molecule has 2 atom stereocenters. The summed E-state index contributed by atoms with van der Waals surface area (Å²) in [5.41, 5.74) is 0. The van der Waals surface area contributed by atoms with E-state index >= 15 is 0 Å². The molecule has 0 aliphatic heterocycles. The Bertz CT molecular complexity index is 87.7. The summed E-state index contributed by atoms with van der Waals surface area (Å²) in [6.45, 7) is 4.42. The van der Waals surface area contributed by atoms with E-state index in [9.17, 15) is 0 Å². The molecule has 0 fully saturated rings. The second kappa shape index (κ2) is 5.38. The minimum absolute atomic E-state index is 0.326. The van der Waals surface area contributed by atoms with Crippen molar-refractivity contribution in [3.63, 3.8) is 0 Å². The minimum atomic E-state index is 0.326. The predicted octanol–water partition coefficient (Wildman–Crippen LogP) is 0.753. The van der Waals surface area contributed by atoms with Crippen LogP contribution in [0.3, 0.4) is 0 Å². The third kappa shape index (κ3) is 3.21. The van der Waals surface area contributed by atoms with Crippen molar-refractivity contribution in [2.24, 2.45) is 5.92 Å². The summed E-state index contributed by atoms with van der Waals surface area (Å²) in [6.07, 6.45) is 1.51. The number of hydrogen-bond acceptors (Lipinski definition) is 2. The van der Waals surface area contributed by atoms with Crippen LogP contribution in [0, 0.1) is 5.92 Å². The fraction of sp³-hybridized carbons (Fsp3) is 1.00. The average Bonchev–Trinajstić information content (AvgIpc) is 1.88. The van der Waals surface area contributed by atoms with Crippen LogP contribution in [0.2, 0.25) is 0 Å². The van der Waals surface area contributed by atoms with E-state index in [1.165, 1.54) is 6.42 Å². The molecule has 2 unspecified atom stereocenters. The third-order valence-electron chi connectivity index (χ3n) is 1.78. The van der Waals surface area contributed by atoms with Crippen LogP contribution in [0.5, 0.6) is 0 Å². The number of rotatable bonds is 4. The molecule has 10 heavy (non-hydrogen) atoms. The van der Waals surface area contributed by atoms with E-state index in [4.69, 9.17) is 3.07 Å². The first-order valence-corrected chi connectivity index (χ1v) is 5.00. The van der Waals surface area contributed by atoms with Crippen molar-refractivity contribution in [2.75, 3.05) is 14.1 Å². The van der Waals surface area contributed by atoms with Crippen molar-refractivity contribution in [1.82, 2.24) is 4.90 Å². The molecule has 0 aromatic heterocycles. The van der Waals surface area contributed by atoms with Gasteiger partial charge < -0.3 is 0 Å². The van der Waals surface area contributed by atoms with Crippen molar-refractivity contribution in [3.05, 3.63) is 0 Å². The molecule has 0 aromatic carbocycles.